The first kappa shape index (κ1) is 17.6. The number of hydrogen-bond donors (Lipinski definition) is 2. The topological polar surface area (TPSA) is 85.8 Å². The van der Waals surface area contributed by atoms with Crippen molar-refractivity contribution >= 4 is 16.8 Å². The van der Waals surface area contributed by atoms with Crippen molar-refractivity contribution in [3.8, 4) is 5.82 Å². The van der Waals surface area contributed by atoms with Gasteiger partial charge in [-0.15, -0.1) is 0 Å². The first-order valence-corrected chi connectivity index (χ1v) is 7.99. The highest BCUT2D eigenvalue weighted by molar-refractivity contribution is 6.04. The highest BCUT2D eigenvalue weighted by Crippen LogP contribution is 2.23. The lowest BCUT2D eigenvalue weighted by Gasteiger charge is -2.04. The molecule has 24 heavy (non-hydrogen) atoms. The predicted molar refractivity (Wildman–Crippen MR) is 96.2 cm³/mol. The number of aromatic nitrogens is 3. The molecular formula is C18H23N5O. The van der Waals surface area contributed by atoms with Crippen LogP contribution in [0.15, 0.2) is 36.5 Å². The summed E-state index contributed by atoms with van der Waals surface area (Å²) in [5.74, 6) is 0.122. The first-order valence-electron chi connectivity index (χ1n) is 7.99. The average Bonchev–Trinajstić information content (AvgIpc) is 2.96. The molecule has 2 aromatic heterocycles. The van der Waals surface area contributed by atoms with Gasteiger partial charge in [0.1, 0.15) is 0 Å². The number of rotatable bonds is 4. The van der Waals surface area contributed by atoms with E-state index in [2.05, 4.69) is 15.4 Å². The van der Waals surface area contributed by atoms with Crippen molar-refractivity contribution < 1.29 is 4.79 Å². The molecule has 0 saturated heterocycles. The number of amides is 1. The number of aryl methyl sites for hydroxylation is 1. The lowest BCUT2D eigenvalue weighted by atomic mass is 10.1. The van der Waals surface area contributed by atoms with Crippen LogP contribution in [0.5, 0.6) is 0 Å². The summed E-state index contributed by atoms with van der Waals surface area (Å²) in [5.41, 5.74) is 8.68. The van der Waals surface area contributed by atoms with E-state index in [0.717, 1.165) is 22.0 Å². The van der Waals surface area contributed by atoms with Crippen molar-refractivity contribution in [2.45, 2.75) is 27.3 Å². The fourth-order valence-corrected chi connectivity index (χ4v) is 2.47. The molecule has 126 valence electrons. The molecule has 0 fully saturated rings. The van der Waals surface area contributed by atoms with Crippen molar-refractivity contribution in [3.63, 3.8) is 0 Å². The zero-order valence-electron chi connectivity index (χ0n) is 14.5. The Morgan fingerprint density at radius 3 is 2.62 bits per heavy atom. The fraction of sp³-hybridized carbons (Fsp3) is 0.278. The Morgan fingerprint density at radius 1 is 1.25 bits per heavy atom. The molecule has 6 nitrogen and oxygen atoms in total. The Hall–Kier alpha value is -2.73. The maximum absolute atomic E-state index is 11.7. The Bertz CT molecular complexity index is 854. The Balaban J connectivity index is 0.00000100. The number of hydrogen-bond acceptors (Lipinski definition) is 4. The van der Waals surface area contributed by atoms with Gasteiger partial charge in [-0.25, -0.2) is 9.67 Å². The number of nitrogens with zero attached hydrogens (tertiary/aromatic N) is 3. The van der Waals surface area contributed by atoms with E-state index in [9.17, 15) is 4.79 Å². The van der Waals surface area contributed by atoms with Crippen molar-refractivity contribution in [1.82, 2.24) is 20.1 Å². The van der Waals surface area contributed by atoms with Crippen LogP contribution in [0.2, 0.25) is 0 Å². The van der Waals surface area contributed by atoms with Gasteiger partial charge in [0.05, 0.1) is 5.52 Å². The minimum atomic E-state index is -0.544. The van der Waals surface area contributed by atoms with Crippen molar-refractivity contribution in [1.29, 1.82) is 0 Å². The molecule has 3 rings (SSSR count). The predicted octanol–water partition coefficient (Wildman–Crippen LogP) is 2.57. The summed E-state index contributed by atoms with van der Waals surface area (Å²) in [7, 11) is 1.87. The molecule has 1 amide bonds. The number of pyridine rings is 1. The zero-order chi connectivity index (χ0) is 17.7. The van der Waals surface area contributed by atoms with Crippen molar-refractivity contribution in [3.05, 3.63) is 53.3 Å². The SMILES string of the molecule is CC.CNCc1ccc2c(c1)c(C(N)=O)nn2-c1cc(C)ccn1. The van der Waals surface area contributed by atoms with E-state index in [1.54, 1.807) is 10.9 Å². The van der Waals surface area contributed by atoms with Gasteiger partial charge in [-0.05, 0) is 49.4 Å². The van der Waals surface area contributed by atoms with Crippen LogP contribution in [-0.2, 0) is 6.54 Å². The maximum atomic E-state index is 11.7. The summed E-state index contributed by atoms with van der Waals surface area (Å²) in [6.07, 6.45) is 1.72. The van der Waals surface area contributed by atoms with Gasteiger partial charge in [0.15, 0.2) is 11.5 Å². The third-order valence-corrected chi connectivity index (χ3v) is 3.48. The Kier molecular flexibility index (Phi) is 5.65. The highest BCUT2D eigenvalue weighted by Gasteiger charge is 2.16. The molecule has 0 aliphatic heterocycles. The fourth-order valence-electron chi connectivity index (χ4n) is 2.47. The minimum absolute atomic E-state index is 0.260. The van der Waals surface area contributed by atoms with E-state index in [1.807, 2.05) is 58.2 Å². The Morgan fingerprint density at radius 2 is 2.00 bits per heavy atom. The average molecular weight is 325 g/mol. The summed E-state index contributed by atoms with van der Waals surface area (Å²) in [6, 6.07) is 9.70. The molecule has 0 atom stereocenters. The molecule has 3 aromatic rings. The number of carbonyl (C=O) groups excluding carboxylic acids is 1. The van der Waals surface area contributed by atoms with Crippen molar-refractivity contribution in [2.24, 2.45) is 5.73 Å². The molecular weight excluding hydrogens is 302 g/mol. The third-order valence-electron chi connectivity index (χ3n) is 3.48. The molecule has 0 unspecified atom stereocenters. The summed E-state index contributed by atoms with van der Waals surface area (Å²) in [5, 5.41) is 8.19. The lowest BCUT2D eigenvalue weighted by Crippen LogP contribution is -2.13. The van der Waals surface area contributed by atoms with Gasteiger partial charge in [0, 0.05) is 18.1 Å². The van der Waals surface area contributed by atoms with Crippen LogP contribution in [0.1, 0.15) is 35.5 Å². The van der Waals surface area contributed by atoms with Crippen LogP contribution in [0.4, 0.5) is 0 Å². The Labute approximate surface area is 141 Å². The lowest BCUT2D eigenvalue weighted by molar-refractivity contribution is 0.0996. The normalized spacial score (nSPS) is 10.3. The molecule has 1 aromatic carbocycles. The highest BCUT2D eigenvalue weighted by atomic mass is 16.1. The number of nitrogens with two attached hydrogens (primary N) is 1. The zero-order valence-corrected chi connectivity index (χ0v) is 14.5. The molecule has 0 spiro atoms. The van der Waals surface area contributed by atoms with Crippen LogP contribution >= 0.6 is 0 Å². The minimum Gasteiger partial charge on any atom is -0.364 e. The molecule has 0 saturated carbocycles. The monoisotopic (exact) mass is 325 g/mol. The number of benzene rings is 1. The number of fused-ring (bicyclic) bond motifs is 1. The van der Waals surface area contributed by atoms with Gasteiger partial charge in [-0.1, -0.05) is 19.9 Å². The smallest absolute Gasteiger partial charge is 0.269 e. The molecule has 0 aliphatic rings. The van der Waals surface area contributed by atoms with Crippen LogP contribution in [0.3, 0.4) is 0 Å². The molecule has 0 aliphatic carbocycles. The number of carbonyl (C=O) groups is 1. The van der Waals surface area contributed by atoms with Crippen LogP contribution in [0.25, 0.3) is 16.7 Å². The van der Waals surface area contributed by atoms with E-state index in [4.69, 9.17) is 5.73 Å². The van der Waals surface area contributed by atoms with E-state index >= 15 is 0 Å². The summed E-state index contributed by atoms with van der Waals surface area (Å²) in [6.45, 7) is 6.69. The molecule has 0 bridgehead atoms. The van der Waals surface area contributed by atoms with Gasteiger partial charge in [0.25, 0.3) is 5.91 Å². The van der Waals surface area contributed by atoms with Gasteiger partial charge in [0.2, 0.25) is 0 Å². The molecule has 2 heterocycles. The second-order valence-corrected chi connectivity index (χ2v) is 5.20. The second kappa shape index (κ2) is 7.70. The van der Waals surface area contributed by atoms with Gasteiger partial charge < -0.3 is 11.1 Å². The maximum Gasteiger partial charge on any atom is 0.269 e. The standard InChI is InChI=1S/C16H17N5O.C2H6/c1-10-5-6-19-14(7-10)21-13-4-3-11(9-18-2)8-12(13)15(20-21)16(17)22;1-2/h3-8,18H,9H2,1-2H3,(H2,17,22);1-2H3. The number of nitrogens with one attached hydrogen (secondary N) is 1. The van der Waals surface area contributed by atoms with E-state index in [1.165, 1.54) is 0 Å². The summed E-state index contributed by atoms with van der Waals surface area (Å²) < 4.78 is 1.66. The van der Waals surface area contributed by atoms with Crippen LogP contribution < -0.4 is 11.1 Å². The van der Waals surface area contributed by atoms with Gasteiger partial charge in [-0.2, -0.15) is 5.10 Å². The third kappa shape index (κ3) is 3.44. The van der Waals surface area contributed by atoms with Crippen LogP contribution in [0, 0.1) is 6.92 Å². The van der Waals surface area contributed by atoms with Crippen molar-refractivity contribution in [2.75, 3.05) is 7.05 Å². The molecule has 3 N–H and O–H groups in total. The quantitative estimate of drug-likeness (QED) is 0.772. The van der Waals surface area contributed by atoms with Crippen LogP contribution in [-0.4, -0.2) is 27.7 Å². The second-order valence-electron chi connectivity index (χ2n) is 5.20. The first-order chi connectivity index (χ1) is 11.6. The van der Waals surface area contributed by atoms with E-state index in [-0.39, 0.29) is 5.69 Å². The van der Waals surface area contributed by atoms with E-state index in [0.29, 0.717) is 12.4 Å². The largest absolute Gasteiger partial charge is 0.364 e. The summed E-state index contributed by atoms with van der Waals surface area (Å²) >= 11 is 0. The van der Waals surface area contributed by atoms with E-state index < -0.39 is 5.91 Å². The molecule has 0 radical (unpaired) electrons. The van der Waals surface area contributed by atoms with Gasteiger partial charge >= 0.3 is 0 Å². The number of primary amides is 1. The molecule has 6 heteroatoms. The van der Waals surface area contributed by atoms with Gasteiger partial charge in [-0.3, -0.25) is 4.79 Å². The summed E-state index contributed by atoms with van der Waals surface area (Å²) in [4.78, 5) is 16.0.